The summed E-state index contributed by atoms with van der Waals surface area (Å²) in [5.74, 6) is -0.599. The Kier molecular flexibility index (Phi) is 7.28. The van der Waals surface area contributed by atoms with Crippen molar-refractivity contribution in [2.45, 2.75) is 38.3 Å². The van der Waals surface area contributed by atoms with Crippen molar-refractivity contribution < 1.29 is 33.3 Å². The number of benzene rings is 1. The van der Waals surface area contributed by atoms with Crippen LogP contribution in [0.25, 0.3) is 0 Å². The summed E-state index contributed by atoms with van der Waals surface area (Å²) in [6.07, 6.45) is 4.89. The Balaban J connectivity index is 1.40. The molecule has 1 atom stereocenters. The molecule has 2 aromatic rings. The van der Waals surface area contributed by atoms with Crippen LogP contribution in [0.1, 0.15) is 57.0 Å². The molecule has 1 aromatic carbocycles. The minimum Gasteiger partial charge on any atom is -0.493 e. The lowest BCUT2D eigenvalue weighted by Crippen LogP contribution is -2.35. The first-order valence-corrected chi connectivity index (χ1v) is 11.3. The number of aromatic nitrogens is 3. The predicted octanol–water partition coefficient (Wildman–Crippen LogP) is 2.04. The largest absolute Gasteiger partial charge is 0.493 e. The van der Waals surface area contributed by atoms with Crippen LogP contribution in [0.2, 0.25) is 0 Å². The van der Waals surface area contributed by atoms with Gasteiger partial charge in [0.05, 0.1) is 45.2 Å². The summed E-state index contributed by atoms with van der Waals surface area (Å²) in [6, 6.07) is 3.43. The van der Waals surface area contributed by atoms with Gasteiger partial charge in [-0.3, -0.25) is 9.79 Å². The Labute approximate surface area is 201 Å². The molecule has 0 spiro atoms. The van der Waals surface area contributed by atoms with Gasteiger partial charge in [-0.25, -0.2) is 14.3 Å². The molecule has 2 aliphatic heterocycles. The van der Waals surface area contributed by atoms with E-state index in [4.69, 9.17) is 14.2 Å². The fraction of sp³-hybridized carbons (Fsp3) is 0.478. The number of nitrogens with zero attached hydrogens (tertiary/aromatic N) is 5. The zero-order chi connectivity index (χ0) is 24.9. The van der Waals surface area contributed by atoms with Crippen molar-refractivity contribution in [3.8, 4) is 11.5 Å². The van der Waals surface area contributed by atoms with Crippen molar-refractivity contribution in [2.24, 2.45) is 4.99 Å². The molecule has 0 bridgehead atoms. The number of rotatable bonds is 9. The molecule has 0 N–H and O–H groups in total. The van der Waals surface area contributed by atoms with Crippen LogP contribution in [0, 0.1) is 0 Å². The number of hydrogen-bond acceptors (Lipinski definition) is 10. The van der Waals surface area contributed by atoms with Crippen molar-refractivity contribution >= 4 is 29.7 Å². The first-order valence-electron chi connectivity index (χ1n) is 11.3. The van der Waals surface area contributed by atoms with Gasteiger partial charge in [-0.2, -0.15) is 0 Å². The molecular formula is C23H27N5O7. The SMILES string of the molecule is COC(=O)c1nnn(CCCCOc2cc3c(cc2OC)C(=O)N2CCC[C@H]2C=N3)c1C(=O)OC. The molecule has 3 heterocycles. The third-order valence-electron chi connectivity index (χ3n) is 5.97. The van der Waals surface area contributed by atoms with Gasteiger partial charge in [-0.1, -0.05) is 5.21 Å². The normalized spacial score (nSPS) is 16.4. The van der Waals surface area contributed by atoms with Gasteiger partial charge in [0.25, 0.3) is 5.91 Å². The standard InChI is InChI=1S/C23H27N5O7/c1-32-17-11-15-16(24-13-14-7-6-8-27(14)21(15)29)12-18(17)35-10-5-4-9-28-20(23(31)34-3)19(25-26-28)22(30)33-2/h11-14H,4-10H2,1-3H3/t14-/m0/s1. The highest BCUT2D eigenvalue weighted by molar-refractivity contribution is 6.03. The summed E-state index contributed by atoms with van der Waals surface area (Å²) in [5, 5.41) is 7.62. The first-order chi connectivity index (χ1) is 17.0. The summed E-state index contributed by atoms with van der Waals surface area (Å²) >= 11 is 0. The zero-order valence-corrected chi connectivity index (χ0v) is 19.9. The molecule has 12 heteroatoms. The summed E-state index contributed by atoms with van der Waals surface area (Å²) < 4.78 is 22.1. The third kappa shape index (κ3) is 4.81. The Morgan fingerprint density at radius 1 is 1.09 bits per heavy atom. The monoisotopic (exact) mass is 485 g/mol. The number of unbranched alkanes of at least 4 members (excludes halogenated alkanes) is 1. The topological polar surface area (TPSA) is 134 Å². The maximum atomic E-state index is 13.0. The third-order valence-corrected chi connectivity index (χ3v) is 5.97. The lowest BCUT2D eigenvalue weighted by molar-refractivity contribution is 0.0543. The predicted molar refractivity (Wildman–Crippen MR) is 123 cm³/mol. The molecule has 0 radical (unpaired) electrons. The van der Waals surface area contributed by atoms with Crippen molar-refractivity contribution in [1.29, 1.82) is 0 Å². The second-order valence-corrected chi connectivity index (χ2v) is 8.06. The number of aryl methyl sites for hydroxylation is 1. The van der Waals surface area contributed by atoms with Gasteiger partial charge in [0.1, 0.15) is 0 Å². The van der Waals surface area contributed by atoms with Gasteiger partial charge in [-0.15, -0.1) is 5.10 Å². The average molecular weight is 485 g/mol. The Morgan fingerprint density at radius 3 is 2.63 bits per heavy atom. The molecule has 35 heavy (non-hydrogen) atoms. The van der Waals surface area contributed by atoms with Crippen molar-refractivity contribution in [1.82, 2.24) is 19.9 Å². The summed E-state index contributed by atoms with van der Waals surface area (Å²) in [5.41, 5.74) is 0.801. The van der Waals surface area contributed by atoms with E-state index < -0.39 is 11.9 Å². The quantitative estimate of drug-likeness (QED) is 0.386. The fourth-order valence-electron chi connectivity index (χ4n) is 4.17. The van der Waals surface area contributed by atoms with Crippen molar-refractivity contribution in [3.05, 3.63) is 29.1 Å². The molecule has 0 unspecified atom stereocenters. The minimum absolute atomic E-state index is 0.0247. The van der Waals surface area contributed by atoms with Crippen LogP contribution in [0.15, 0.2) is 17.1 Å². The number of carbonyl (C=O) groups is 3. The number of esters is 2. The van der Waals surface area contributed by atoms with E-state index in [2.05, 4.69) is 20.0 Å². The number of ether oxygens (including phenoxy) is 4. The fourth-order valence-corrected chi connectivity index (χ4v) is 4.17. The maximum Gasteiger partial charge on any atom is 0.361 e. The number of hydrogen-bond donors (Lipinski definition) is 0. The molecule has 0 saturated carbocycles. The van der Waals surface area contributed by atoms with Crippen LogP contribution in [-0.2, 0) is 16.0 Å². The number of methoxy groups -OCH3 is 3. The molecule has 4 rings (SSSR count). The molecule has 1 amide bonds. The van der Waals surface area contributed by atoms with E-state index in [0.29, 0.717) is 48.7 Å². The van der Waals surface area contributed by atoms with Gasteiger partial charge in [-0.05, 0) is 31.7 Å². The van der Waals surface area contributed by atoms with Crippen molar-refractivity contribution in [2.75, 3.05) is 34.5 Å². The highest BCUT2D eigenvalue weighted by Gasteiger charge is 2.32. The van der Waals surface area contributed by atoms with Crippen LogP contribution in [0.4, 0.5) is 5.69 Å². The Bertz CT molecular complexity index is 1160. The minimum atomic E-state index is -0.767. The van der Waals surface area contributed by atoms with E-state index in [-0.39, 0.29) is 23.3 Å². The van der Waals surface area contributed by atoms with Crippen LogP contribution < -0.4 is 9.47 Å². The van der Waals surface area contributed by atoms with Crippen molar-refractivity contribution in [3.63, 3.8) is 0 Å². The van der Waals surface area contributed by atoms with E-state index in [9.17, 15) is 14.4 Å². The number of amides is 1. The molecule has 12 nitrogen and oxygen atoms in total. The van der Waals surface area contributed by atoms with Gasteiger partial charge in [0.15, 0.2) is 17.2 Å². The van der Waals surface area contributed by atoms with E-state index >= 15 is 0 Å². The molecule has 1 saturated heterocycles. The number of aliphatic imine (C=N–C) groups is 1. The van der Waals surface area contributed by atoms with Gasteiger partial charge >= 0.3 is 11.9 Å². The van der Waals surface area contributed by atoms with Crippen LogP contribution in [-0.4, -0.2) is 84.5 Å². The zero-order valence-electron chi connectivity index (χ0n) is 19.9. The van der Waals surface area contributed by atoms with Gasteiger partial charge in [0, 0.05) is 25.4 Å². The highest BCUT2D eigenvalue weighted by Crippen LogP contribution is 2.38. The summed E-state index contributed by atoms with van der Waals surface area (Å²) in [7, 11) is 3.93. The average Bonchev–Trinajstić information content (AvgIpc) is 3.50. The number of fused-ring (bicyclic) bond motifs is 2. The Morgan fingerprint density at radius 2 is 1.89 bits per heavy atom. The van der Waals surface area contributed by atoms with Gasteiger partial charge < -0.3 is 23.8 Å². The second kappa shape index (κ2) is 10.5. The van der Waals surface area contributed by atoms with Crippen LogP contribution >= 0.6 is 0 Å². The molecule has 2 aliphatic rings. The molecule has 1 fully saturated rings. The van der Waals surface area contributed by atoms with Crippen LogP contribution in [0.5, 0.6) is 11.5 Å². The maximum absolute atomic E-state index is 13.0. The molecule has 1 aromatic heterocycles. The van der Waals surface area contributed by atoms with E-state index in [1.807, 2.05) is 11.1 Å². The van der Waals surface area contributed by atoms with E-state index in [0.717, 1.165) is 19.4 Å². The summed E-state index contributed by atoms with van der Waals surface area (Å²) in [6.45, 7) is 1.38. The molecule has 186 valence electrons. The smallest absolute Gasteiger partial charge is 0.361 e. The number of carbonyl (C=O) groups excluding carboxylic acids is 3. The second-order valence-electron chi connectivity index (χ2n) is 8.06. The first kappa shape index (κ1) is 24.2. The Hall–Kier alpha value is -3.96. The van der Waals surface area contributed by atoms with E-state index in [1.54, 1.807) is 12.1 Å². The molecule has 0 aliphatic carbocycles. The summed E-state index contributed by atoms with van der Waals surface area (Å²) in [4.78, 5) is 43.3. The molecular weight excluding hydrogens is 458 g/mol. The van der Waals surface area contributed by atoms with E-state index in [1.165, 1.54) is 26.0 Å². The van der Waals surface area contributed by atoms with Crippen LogP contribution in [0.3, 0.4) is 0 Å². The lowest BCUT2D eigenvalue weighted by atomic mass is 10.1. The lowest BCUT2D eigenvalue weighted by Gasteiger charge is -2.20. The highest BCUT2D eigenvalue weighted by atomic mass is 16.5. The van der Waals surface area contributed by atoms with Gasteiger partial charge in [0.2, 0.25) is 5.69 Å².